The van der Waals surface area contributed by atoms with E-state index in [1.807, 2.05) is 36.4 Å². The van der Waals surface area contributed by atoms with E-state index in [1.54, 1.807) is 0 Å². The lowest BCUT2D eigenvalue weighted by atomic mass is 10.2. The summed E-state index contributed by atoms with van der Waals surface area (Å²) in [5.74, 6) is 0.956. The average molecular weight is 234 g/mol. The third-order valence-corrected chi connectivity index (χ3v) is 2.87. The van der Waals surface area contributed by atoms with Crippen LogP contribution < -0.4 is 5.32 Å². The normalized spacial score (nSPS) is 16.4. The van der Waals surface area contributed by atoms with E-state index in [4.69, 9.17) is 0 Å². The van der Waals surface area contributed by atoms with Gasteiger partial charge in [0.25, 0.3) is 0 Å². The lowest BCUT2D eigenvalue weighted by Gasteiger charge is -2.03. The molecule has 0 unspecified atom stereocenters. The van der Waals surface area contributed by atoms with Crippen LogP contribution in [0, 0.1) is 0 Å². The average Bonchev–Trinajstić information content (AvgIpc) is 2.89. The van der Waals surface area contributed by atoms with E-state index in [1.165, 1.54) is 5.56 Å². The molecular formula is C16H14N2. The van der Waals surface area contributed by atoms with Crippen LogP contribution in [0.2, 0.25) is 0 Å². The molecule has 0 spiro atoms. The fourth-order valence-electron chi connectivity index (χ4n) is 1.99. The summed E-state index contributed by atoms with van der Waals surface area (Å²) in [4.78, 5) is 4.52. The molecule has 0 saturated carbocycles. The molecule has 0 radical (unpaired) electrons. The first-order chi connectivity index (χ1) is 8.92. The van der Waals surface area contributed by atoms with Crippen molar-refractivity contribution < 1.29 is 0 Å². The molecule has 2 aromatic carbocycles. The Morgan fingerprint density at radius 3 is 2.28 bits per heavy atom. The molecule has 2 nitrogen and oxygen atoms in total. The Kier molecular flexibility index (Phi) is 2.92. The Hall–Kier alpha value is -2.35. The van der Waals surface area contributed by atoms with Crippen molar-refractivity contribution in [1.82, 2.24) is 5.32 Å². The van der Waals surface area contributed by atoms with Gasteiger partial charge in [-0.1, -0.05) is 60.7 Å². The molecule has 88 valence electrons. The fourth-order valence-corrected chi connectivity index (χ4v) is 1.99. The maximum atomic E-state index is 4.52. The molecule has 2 aromatic rings. The molecule has 1 aliphatic heterocycles. The molecule has 0 saturated heterocycles. The molecule has 0 aliphatic carbocycles. The van der Waals surface area contributed by atoms with Crippen LogP contribution in [0.5, 0.6) is 0 Å². The second-order valence-corrected chi connectivity index (χ2v) is 4.24. The van der Waals surface area contributed by atoms with Gasteiger partial charge in [0.15, 0.2) is 0 Å². The van der Waals surface area contributed by atoms with E-state index in [9.17, 15) is 0 Å². The van der Waals surface area contributed by atoms with Gasteiger partial charge >= 0.3 is 0 Å². The number of amidine groups is 1. The Morgan fingerprint density at radius 1 is 0.889 bits per heavy atom. The largest absolute Gasteiger partial charge is 0.342 e. The van der Waals surface area contributed by atoms with Crippen molar-refractivity contribution in [3.63, 3.8) is 0 Å². The van der Waals surface area contributed by atoms with Crippen molar-refractivity contribution in [2.45, 2.75) is 0 Å². The van der Waals surface area contributed by atoms with E-state index in [2.05, 4.69) is 40.7 Å². The van der Waals surface area contributed by atoms with Crippen molar-refractivity contribution >= 4 is 11.9 Å². The highest BCUT2D eigenvalue weighted by Gasteiger charge is 2.11. The highest BCUT2D eigenvalue weighted by atomic mass is 15.1. The SMILES string of the molecule is C(=C1CN=C(c2ccccc2)N1)c1ccccc1. The number of nitrogens with one attached hydrogen (secondary N) is 1. The Balaban J connectivity index is 1.77. The molecule has 0 fully saturated rings. The first-order valence-corrected chi connectivity index (χ1v) is 6.04. The standard InChI is InChI=1S/C16H14N2/c1-3-7-13(8-4-1)11-15-12-17-16(18-15)14-9-5-2-6-10-14/h1-11H,12H2,(H,17,18). The zero-order valence-electron chi connectivity index (χ0n) is 10.0. The van der Waals surface area contributed by atoms with Crippen LogP contribution >= 0.6 is 0 Å². The topological polar surface area (TPSA) is 24.4 Å². The predicted molar refractivity (Wildman–Crippen MR) is 75.4 cm³/mol. The lowest BCUT2D eigenvalue weighted by Crippen LogP contribution is -2.17. The van der Waals surface area contributed by atoms with Gasteiger partial charge in [-0.2, -0.15) is 0 Å². The van der Waals surface area contributed by atoms with Gasteiger partial charge in [0.1, 0.15) is 5.84 Å². The predicted octanol–water partition coefficient (Wildman–Crippen LogP) is 3.08. The summed E-state index contributed by atoms with van der Waals surface area (Å²) < 4.78 is 0. The number of hydrogen-bond acceptors (Lipinski definition) is 2. The van der Waals surface area contributed by atoms with Crippen LogP contribution in [-0.2, 0) is 0 Å². The summed E-state index contributed by atoms with van der Waals surface area (Å²) in [6, 6.07) is 20.5. The molecular weight excluding hydrogens is 220 g/mol. The summed E-state index contributed by atoms with van der Waals surface area (Å²) in [6.07, 6.45) is 2.14. The molecule has 1 aliphatic rings. The minimum Gasteiger partial charge on any atom is -0.342 e. The Morgan fingerprint density at radius 2 is 1.56 bits per heavy atom. The molecule has 1 heterocycles. The number of aliphatic imine (C=N–C) groups is 1. The quantitative estimate of drug-likeness (QED) is 0.848. The van der Waals surface area contributed by atoms with Gasteiger partial charge in [-0.15, -0.1) is 0 Å². The van der Waals surface area contributed by atoms with Crippen molar-refractivity contribution in [3.8, 4) is 0 Å². The van der Waals surface area contributed by atoms with Crippen molar-refractivity contribution in [2.75, 3.05) is 6.54 Å². The van der Waals surface area contributed by atoms with Crippen LogP contribution in [0.1, 0.15) is 11.1 Å². The third-order valence-electron chi connectivity index (χ3n) is 2.87. The fraction of sp³-hybridized carbons (Fsp3) is 0.0625. The molecule has 3 rings (SSSR count). The third kappa shape index (κ3) is 2.33. The summed E-state index contributed by atoms with van der Waals surface area (Å²) in [5.41, 5.74) is 3.47. The number of hydrogen-bond donors (Lipinski definition) is 1. The van der Waals surface area contributed by atoms with Crippen molar-refractivity contribution in [1.29, 1.82) is 0 Å². The highest BCUT2D eigenvalue weighted by molar-refractivity contribution is 6.01. The number of benzene rings is 2. The molecule has 18 heavy (non-hydrogen) atoms. The van der Waals surface area contributed by atoms with Crippen LogP contribution in [0.15, 0.2) is 71.4 Å². The summed E-state index contributed by atoms with van der Waals surface area (Å²) in [7, 11) is 0. The first-order valence-electron chi connectivity index (χ1n) is 6.04. The highest BCUT2D eigenvalue weighted by Crippen LogP contribution is 2.11. The summed E-state index contributed by atoms with van der Waals surface area (Å²) in [5, 5.41) is 3.37. The smallest absolute Gasteiger partial charge is 0.132 e. The van der Waals surface area contributed by atoms with Gasteiger partial charge in [0, 0.05) is 11.3 Å². The zero-order valence-corrected chi connectivity index (χ0v) is 10.0. The zero-order chi connectivity index (χ0) is 12.2. The van der Waals surface area contributed by atoms with Gasteiger partial charge in [0.05, 0.1) is 6.54 Å². The minimum absolute atomic E-state index is 0.721. The molecule has 0 aromatic heterocycles. The van der Waals surface area contributed by atoms with Crippen LogP contribution in [0.4, 0.5) is 0 Å². The first kappa shape index (κ1) is 10.8. The second-order valence-electron chi connectivity index (χ2n) is 4.24. The van der Waals surface area contributed by atoms with E-state index in [0.29, 0.717) is 0 Å². The van der Waals surface area contributed by atoms with Gasteiger partial charge in [-0.25, -0.2) is 0 Å². The Bertz CT molecular complexity index is 583. The molecule has 0 amide bonds. The maximum absolute atomic E-state index is 4.52. The van der Waals surface area contributed by atoms with Crippen LogP contribution in [0.25, 0.3) is 6.08 Å². The van der Waals surface area contributed by atoms with Gasteiger partial charge in [0.2, 0.25) is 0 Å². The summed E-state index contributed by atoms with van der Waals surface area (Å²) >= 11 is 0. The number of nitrogens with zero attached hydrogens (tertiary/aromatic N) is 1. The molecule has 0 bridgehead atoms. The van der Waals surface area contributed by atoms with Gasteiger partial charge in [-0.3, -0.25) is 4.99 Å². The van der Waals surface area contributed by atoms with Crippen LogP contribution in [-0.4, -0.2) is 12.4 Å². The molecule has 1 N–H and O–H groups in total. The second kappa shape index (κ2) is 4.88. The van der Waals surface area contributed by atoms with Crippen molar-refractivity contribution in [2.24, 2.45) is 4.99 Å². The molecule has 2 heteroatoms. The minimum atomic E-state index is 0.721. The van der Waals surface area contributed by atoms with Crippen LogP contribution in [0.3, 0.4) is 0 Å². The monoisotopic (exact) mass is 234 g/mol. The van der Waals surface area contributed by atoms with Gasteiger partial charge < -0.3 is 5.32 Å². The molecule has 0 atom stereocenters. The maximum Gasteiger partial charge on any atom is 0.132 e. The van der Waals surface area contributed by atoms with E-state index in [-0.39, 0.29) is 0 Å². The van der Waals surface area contributed by atoms with E-state index >= 15 is 0 Å². The van der Waals surface area contributed by atoms with E-state index < -0.39 is 0 Å². The lowest BCUT2D eigenvalue weighted by molar-refractivity contribution is 1.13. The number of rotatable bonds is 2. The van der Waals surface area contributed by atoms with Crippen molar-refractivity contribution in [3.05, 3.63) is 77.5 Å². The van der Waals surface area contributed by atoms with Gasteiger partial charge in [-0.05, 0) is 11.6 Å². The Labute approximate surface area is 107 Å². The summed E-state index contributed by atoms with van der Waals surface area (Å²) in [6.45, 7) is 0.721. The van der Waals surface area contributed by atoms with E-state index in [0.717, 1.165) is 23.6 Å².